The van der Waals surface area contributed by atoms with Crippen molar-refractivity contribution in [2.24, 2.45) is 0 Å². The number of likely N-dealkylation sites (N-methyl/N-ethyl adjacent to an activating group) is 1. The SMILES string of the molecule is CCNC(Cc1ccc(F)c(F)c1)c1snnc1CC. The molecule has 0 fully saturated rings. The number of hydrogen-bond donors (Lipinski definition) is 1. The summed E-state index contributed by atoms with van der Waals surface area (Å²) in [6.07, 6.45) is 1.40. The zero-order chi connectivity index (χ0) is 14.5. The van der Waals surface area contributed by atoms with Crippen molar-refractivity contribution in [1.29, 1.82) is 0 Å². The first-order chi connectivity index (χ1) is 9.65. The molecule has 0 saturated heterocycles. The Balaban J connectivity index is 2.23. The number of nitrogens with one attached hydrogen (secondary N) is 1. The van der Waals surface area contributed by atoms with E-state index in [1.807, 2.05) is 13.8 Å². The molecule has 1 aromatic heterocycles. The Bertz CT molecular complexity index is 571. The fourth-order valence-corrected chi connectivity index (χ4v) is 2.94. The lowest BCUT2D eigenvalue weighted by Gasteiger charge is -2.17. The summed E-state index contributed by atoms with van der Waals surface area (Å²) in [6.45, 7) is 4.83. The van der Waals surface area contributed by atoms with Gasteiger partial charge in [-0.25, -0.2) is 8.78 Å². The van der Waals surface area contributed by atoms with Gasteiger partial charge in [-0.1, -0.05) is 24.4 Å². The molecule has 1 aromatic carbocycles. The first-order valence-electron chi connectivity index (χ1n) is 6.64. The monoisotopic (exact) mass is 297 g/mol. The van der Waals surface area contributed by atoms with Gasteiger partial charge in [0, 0.05) is 6.04 Å². The fraction of sp³-hybridized carbons (Fsp3) is 0.429. The molecule has 1 heterocycles. The van der Waals surface area contributed by atoms with Crippen molar-refractivity contribution >= 4 is 11.5 Å². The van der Waals surface area contributed by atoms with Gasteiger partial charge < -0.3 is 5.32 Å². The van der Waals surface area contributed by atoms with Crippen LogP contribution in [0.15, 0.2) is 18.2 Å². The van der Waals surface area contributed by atoms with Crippen LogP contribution in [-0.4, -0.2) is 16.1 Å². The van der Waals surface area contributed by atoms with Gasteiger partial charge in [-0.2, -0.15) is 0 Å². The number of aryl methyl sites for hydroxylation is 1. The number of nitrogens with zero attached hydrogens (tertiary/aromatic N) is 2. The molecule has 0 aliphatic heterocycles. The topological polar surface area (TPSA) is 37.8 Å². The van der Waals surface area contributed by atoms with Crippen molar-refractivity contribution in [3.63, 3.8) is 0 Å². The van der Waals surface area contributed by atoms with Crippen LogP contribution in [-0.2, 0) is 12.8 Å². The molecular formula is C14H17F2N3S. The van der Waals surface area contributed by atoms with Gasteiger partial charge in [0.25, 0.3) is 0 Å². The van der Waals surface area contributed by atoms with Crippen LogP contribution in [0.4, 0.5) is 8.78 Å². The first-order valence-corrected chi connectivity index (χ1v) is 7.41. The smallest absolute Gasteiger partial charge is 0.159 e. The standard InChI is InChI=1S/C14H17F2N3S/c1-3-12-14(20-19-18-12)13(17-4-2)8-9-5-6-10(15)11(16)7-9/h5-7,13,17H,3-4,8H2,1-2H3. The molecular weight excluding hydrogens is 280 g/mol. The maximum atomic E-state index is 13.3. The van der Waals surface area contributed by atoms with E-state index in [1.54, 1.807) is 6.07 Å². The third kappa shape index (κ3) is 3.37. The molecule has 108 valence electrons. The molecule has 2 aromatic rings. The summed E-state index contributed by atoms with van der Waals surface area (Å²) >= 11 is 1.36. The summed E-state index contributed by atoms with van der Waals surface area (Å²) in [5.41, 5.74) is 1.72. The summed E-state index contributed by atoms with van der Waals surface area (Å²) in [5, 5.41) is 7.46. The summed E-state index contributed by atoms with van der Waals surface area (Å²) in [5.74, 6) is -1.63. The normalized spacial score (nSPS) is 12.6. The van der Waals surface area contributed by atoms with E-state index in [0.717, 1.165) is 29.1 Å². The highest BCUT2D eigenvalue weighted by Gasteiger charge is 2.18. The maximum Gasteiger partial charge on any atom is 0.159 e. The highest BCUT2D eigenvalue weighted by Crippen LogP contribution is 2.25. The maximum absolute atomic E-state index is 13.3. The predicted molar refractivity (Wildman–Crippen MR) is 75.8 cm³/mol. The fourth-order valence-electron chi connectivity index (χ4n) is 2.13. The van der Waals surface area contributed by atoms with Gasteiger partial charge in [0.2, 0.25) is 0 Å². The van der Waals surface area contributed by atoms with Crippen LogP contribution in [0.25, 0.3) is 0 Å². The number of aromatic nitrogens is 2. The van der Waals surface area contributed by atoms with Crippen LogP contribution < -0.4 is 5.32 Å². The predicted octanol–water partition coefficient (Wildman–Crippen LogP) is 3.27. The molecule has 1 N–H and O–H groups in total. The van der Waals surface area contributed by atoms with Crippen molar-refractivity contribution in [2.45, 2.75) is 32.7 Å². The Kier molecular flexibility index (Phi) is 5.14. The largest absolute Gasteiger partial charge is 0.309 e. The zero-order valence-electron chi connectivity index (χ0n) is 11.5. The number of benzene rings is 1. The van der Waals surface area contributed by atoms with E-state index in [4.69, 9.17) is 0 Å². The van der Waals surface area contributed by atoms with Gasteiger partial charge >= 0.3 is 0 Å². The second-order valence-corrected chi connectivity index (χ2v) is 5.29. The zero-order valence-corrected chi connectivity index (χ0v) is 12.3. The Hall–Kier alpha value is -1.40. The van der Waals surface area contributed by atoms with E-state index in [-0.39, 0.29) is 6.04 Å². The molecule has 1 unspecified atom stereocenters. The molecule has 3 nitrogen and oxygen atoms in total. The first kappa shape index (κ1) is 15.0. The van der Waals surface area contributed by atoms with Crippen LogP contribution in [0.1, 0.15) is 36.0 Å². The van der Waals surface area contributed by atoms with E-state index in [2.05, 4.69) is 14.9 Å². The number of halogens is 2. The van der Waals surface area contributed by atoms with Gasteiger partial charge in [-0.3, -0.25) is 0 Å². The van der Waals surface area contributed by atoms with E-state index < -0.39 is 11.6 Å². The lowest BCUT2D eigenvalue weighted by molar-refractivity contribution is 0.503. The molecule has 0 aliphatic rings. The van der Waals surface area contributed by atoms with E-state index in [0.29, 0.717) is 6.42 Å². The van der Waals surface area contributed by atoms with Gasteiger partial charge in [0.05, 0.1) is 10.6 Å². The summed E-state index contributed by atoms with van der Waals surface area (Å²) in [4.78, 5) is 1.07. The van der Waals surface area contributed by atoms with Crippen molar-refractivity contribution in [3.8, 4) is 0 Å². The molecule has 0 bridgehead atoms. The second-order valence-electron chi connectivity index (χ2n) is 4.50. The van der Waals surface area contributed by atoms with Gasteiger partial charge in [-0.15, -0.1) is 5.10 Å². The minimum Gasteiger partial charge on any atom is -0.309 e. The second kappa shape index (κ2) is 6.85. The van der Waals surface area contributed by atoms with Crippen molar-refractivity contribution < 1.29 is 8.78 Å². The average Bonchev–Trinajstić information content (AvgIpc) is 2.90. The average molecular weight is 297 g/mol. The molecule has 20 heavy (non-hydrogen) atoms. The van der Waals surface area contributed by atoms with Crippen LogP contribution >= 0.6 is 11.5 Å². The summed E-state index contributed by atoms with van der Waals surface area (Å²) in [6, 6.07) is 4.06. The Labute approximate surface area is 121 Å². The minimum absolute atomic E-state index is 0.0276. The lowest BCUT2D eigenvalue weighted by atomic mass is 10.0. The van der Waals surface area contributed by atoms with Crippen LogP contribution in [0.2, 0.25) is 0 Å². The molecule has 0 aliphatic carbocycles. The van der Waals surface area contributed by atoms with Crippen molar-refractivity contribution in [1.82, 2.24) is 14.9 Å². The number of hydrogen-bond acceptors (Lipinski definition) is 4. The van der Waals surface area contributed by atoms with Gasteiger partial charge in [0.15, 0.2) is 11.6 Å². The van der Waals surface area contributed by atoms with Crippen LogP contribution in [0.5, 0.6) is 0 Å². The molecule has 0 amide bonds. The molecule has 2 rings (SSSR count). The van der Waals surface area contributed by atoms with Gasteiger partial charge in [-0.05, 0) is 48.6 Å². The third-order valence-corrected chi connectivity index (χ3v) is 3.99. The highest BCUT2D eigenvalue weighted by atomic mass is 32.1. The summed E-state index contributed by atoms with van der Waals surface area (Å²) in [7, 11) is 0. The van der Waals surface area contributed by atoms with Crippen molar-refractivity contribution in [2.75, 3.05) is 6.54 Å². The highest BCUT2D eigenvalue weighted by molar-refractivity contribution is 7.05. The van der Waals surface area contributed by atoms with Crippen LogP contribution in [0, 0.1) is 11.6 Å². The molecule has 0 spiro atoms. The third-order valence-electron chi connectivity index (χ3n) is 3.11. The lowest BCUT2D eigenvalue weighted by Crippen LogP contribution is -2.23. The Morgan fingerprint density at radius 1 is 1.25 bits per heavy atom. The van der Waals surface area contributed by atoms with Gasteiger partial charge in [0.1, 0.15) is 0 Å². The molecule has 0 radical (unpaired) electrons. The minimum atomic E-state index is -0.817. The Morgan fingerprint density at radius 3 is 2.70 bits per heavy atom. The Morgan fingerprint density at radius 2 is 2.05 bits per heavy atom. The molecule has 0 saturated carbocycles. The van der Waals surface area contributed by atoms with E-state index in [1.165, 1.54) is 23.7 Å². The molecule has 6 heteroatoms. The van der Waals surface area contributed by atoms with Crippen LogP contribution in [0.3, 0.4) is 0 Å². The molecule has 1 atom stereocenters. The summed E-state index contributed by atoms with van der Waals surface area (Å²) < 4.78 is 30.2. The van der Waals surface area contributed by atoms with E-state index in [9.17, 15) is 8.78 Å². The quantitative estimate of drug-likeness (QED) is 0.889. The number of rotatable bonds is 6. The van der Waals surface area contributed by atoms with Crippen molar-refractivity contribution in [3.05, 3.63) is 46.0 Å². The van der Waals surface area contributed by atoms with E-state index >= 15 is 0 Å².